The second kappa shape index (κ2) is 17.5. The van der Waals surface area contributed by atoms with Crippen molar-refractivity contribution in [2.45, 2.75) is 282 Å². The summed E-state index contributed by atoms with van der Waals surface area (Å²) in [5.41, 5.74) is -2.97. The summed E-state index contributed by atoms with van der Waals surface area (Å²) in [6, 6.07) is 0. The van der Waals surface area contributed by atoms with Gasteiger partial charge in [0, 0.05) is 39.4 Å². The fourth-order valence-electron chi connectivity index (χ4n) is 11.2. The third-order valence-electron chi connectivity index (χ3n) is 17.6. The maximum atomic E-state index is 6.20. The minimum atomic E-state index is -0.619. The zero-order chi connectivity index (χ0) is 52.6. The molecule has 12 rings (SSSR count). The van der Waals surface area contributed by atoms with Crippen molar-refractivity contribution in [3.63, 3.8) is 0 Å². The Kier molecular flexibility index (Phi) is 13.8. The highest BCUT2D eigenvalue weighted by atomic mass is 79.9. The lowest BCUT2D eigenvalue weighted by molar-refractivity contribution is -0.232. The average Bonchev–Trinajstić information content (AvgIpc) is 3.88. The number of halogens is 2. The Balaban J connectivity index is 0.000000123. The minimum absolute atomic E-state index is 0.0915. The van der Waals surface area contributed by atoms with Crippen LogP contribution >= 0.6 is 31.9 Å². The van der Waals surface area contributed by atoms with Gasteiger partial charge < -0.3 is 84.8 Å². The van der Waals surface area contributed by atoms with Gasteiger partial charge in [0.25, 0.3) is 0 Å². The highest BCUT2D eigenvalue weighted by molar-refractivity contribution is 9.25. The largest absolute Gasteiger partial charge is 0.488 e. The molecule has 3 saturated carbocycles. The molecule has 3 spiro atoms. The van der Waals surface area contributed by atoms with Crippen LogP contribution in [0.1, 0.15) is 144 Å². The summed E-state index contributed by atoms with van der Waals surface area (Å²) in [5, 5.41) is 0. The van der Waals surface area contributed by atoms with Gasteiger partial charge in [-0.2, -0.15) is 0 Å². The molecule has 14 atom stereocenters. The second-order valence-corrected chi connectivity index (χ2v) is 29.4. The van der Waals surface area contributed by atoms with E-state index in [2.05, 4.69) is 87.2 Å². The van der Waals surface area contributed by atoms with E-state index in [-0.39, 0.29) is 111 Å². The number of ether oxygens (including phenoxy) is 12. The molecule has 3 aliphatic carbocycles. The first-order valence-corrected chi connectivity index (χ1v) is 26.8. The standard InChI is InChI=1S/2C16H27BO6.C10H14Br2O4.C6H12BO2/c2*1-13(2)14(3,4)23-17(22-13)9-8-16(9)11-10(12(18-7)21-16)19-15(5,6)20-11;1-8(2)14-5-6(15-8)9(4-10(9,11)12)16-7(5)13-3;1-5(2)6(3,4)9-7-8-5/h2*9-12H,8H2,1-7H3;5-7H,4H2,1-3H3;1-4H3/t9-,10+,11?,12-,16-;9-,10-,11?,12+,16+;5-,6?,7+,9-;/m100./s1. The predicted molar refractivity (Wildman–Crippen MR) is 265 cm³/mol. The van der Waals surface area contributed by atoms with Crippen LogP contribution in [-0.4, -0.2) is 170 Å². The van der Waals surface area contributed by atoms with Crippen LogP contribution in [0.2, 0.25) is 11.6 Å². The van der Waals surface area contributed by atoms with Crippen LogP contribution in [0.5, 0.6) is 0 Å². The van der Waals surface area contributed by atoms with Crippen LogP contribution in [-0.2, 0) is 84.8 Å². The van der Waals surface area contributed by atoms with Crippen molar-refractivity contribution in [1.82, 2.24) is 0 Å². The Morgan fingerprint density at radius 1 is 0.408 bits per heavy atom. The molecule has 3 unspecified atom stereocenters. The molecule has 9 saturated heterocycles. The van der Waals surface area contributed by atoms with E-state index in [9.17, 15) is 0 Å². The molecule has 12 fully saturated rings. The molecule has 23 heteroatoms. The molecular weight excluding hydrogens is 1060 g/mol. The third-order valence-corrected chi connectivity index (χ3v) is 19.5. The summed E-state index contributed by atoms with van der Waals surface area (Å²) >= 11 is 7.20. The quantitative estimate of drug-likeness (QED) is 0.196. The molecule has 0 aromatic rings. The SMILES string of the molecule is CC1(C)O[B]OC1(C)C.CO[C@@H]1O[C@@]2(CC2(Br)Br)C2OC(C)(C)O[C@@H]21.CO[C@@H]1O[C@@]2(C[C@@H]2B2OC(C)(C)C(C)(C)O2)C2OC(C)(C)O[C@@H]21.CO[C@@H]1O[C@@]2(C[C@H]2B2OC(C)(C)C(C)(C)O2)C2OC(C)(C)O[C@@H]21. The molecule has 12 aliphatic rings. The van der Waals surface area contributed by atoms with Crippen molar-refractivity contribution in [2.24, 2.45) is 0 Å². The first kappa shape index (κ1) is 56.2. The van der Waals surface area contributed by atoms with Gasteiger partial charge in [0.1, 0.15) is 56.7 Å². The van der Waals surface area contributed by atoms with Crippen molar-refractivity contribution < 1.29 is 84.8 Å². The van der Waals surface area contributed by atoms with Gasteiger partial charge in [-0.25, -0.2) is 0 Å². The summed E-state index contributed by atoms with van der Waals surface area (Å²) < 4.78 is 106. The van der Waals surface area contributed by atoms with Crippen LogP contribution in [0.4, 0.5) is 0 Å². The zero-order valence-electron chi connectivity index (χ0n) is 45.8. The molecule has 9 aliphatic heterocycles. The topological polar surface area (TPSA) is 166 Å². The van der Waals surface area contributed by atoms with Gasteiger partial charge in [0.05, 0.1) is 33.6 Å². The van der Waals surface area contributed by atoms with Crippen LogP contribution in [0.15, 0.2) is 0 Å². The fourth-order valence-corrected chi connectivity index (χ4v) is 12.7. The van der Waals surface area contributed by atoms with Gasteiger partial charge in [-0.05, 0) is 137 Å². The lowest BCUT2D eigenvalue weighted by Gasteiger charge is -2.32. The number of fused-ring (bicyclic) bond motifs is 6. The van der Waals surface area contributed by atoms with E-state index in [4.69, 9.17) is 84.8 Å². The number of alkyl halides is 2. The Hall–Kier alpha value is 0.435. The van der Waals surface area contributed by atoms with Crippen molar-refractivity contribution in [2.75, 3.05) is 21.3 Å². The Bertz CT molecular complexity index is 1890. The van der Waals surface area contributed by atoms with E-state index in [1.165, 1.54) is 7.69 Å². The van der Waals surface area contributed by atoms with E-state index in [0.29, 0.717) is 0 Å². The molecule has 1 radical (unpaired) electrons. The molecule has 71 heavy (non-hydrogen) atoms. The maximum absolute atomic E-state index is 6.20. The first-order chi connectivity index (χ1) is 32.3. The number of rotatable bonds is 5. The van der Waals surface area contributed by atoms with Crippen molar-refractivity contribution >= 4 is 53.8 Å². The Morgan fingerprint density at radius 2 is 0.704 bits per heavy atom. The Morgan fingerprint density at radius 3 is 0.986 bits per heavy atom. The molecule has 18 nitrogen and oxygen atoms in total. The molecule has 0 amide bonds. The van der Waals surface area contributed by atoms with E-state index in [1.807, 2.05) is 69.2 Å². The number of methoxy groups -OCH3 is 3. The maximum Gasteiger partial charge on any atom is 0.488 e. The predicted octanol–water partition coefficient (Wildman–Crippen LogP) is 7.49. The van der Waals surface area contributed by atoms with Gasteiger partial charge in [-0.3, -0.25) is 0 Å². The molecule has 0 N–H and O–H groups in total. The van der Waals surface area contributed by atoms with Gasteiger partial charge in [0.2, 0.25) is 0 Å². The highest BCUT2D eigenvalue weighted by Gasteiger charge is 2.82. The third kappa shape index (κ3) is 9.39. The average molecular weight is 1140 g/mol. The Labute approximate surface area is 439 Å². The first-order valence-electron chi connectivity index (χ1n) is 25.2. The van der Waals surface area contributed by atoms with Crippen LogP contribution in [0, 0.1) is 0 Å². The summed E-state index contributed by atoms with van der Waals surface area (Å²) in [5.74, 6) is -1.54. The van der Waals surface area contributed by atoms with E-state index in [1.54, 1.807) is 21.3 Å². The van der Waals surface area contributed by atoms with Crippen molar-refractivity contribution in [3.8, 4) is 0 Å². The summed E-state index contributed by atoms with van der Waals surface area (Å²) in [7, 11) is 5.75. The number of hydrogen-bond acceptors (Lipinski definition) is 18. The second-order valence-electron chi connectivity index (χ2n) is 25.6. The van der Waals surface area contributed by atoms with Crippen molar-refractivity contribution in [3.05, 3.63) is 0 Å². The van der Waals surface area contributed by atoms with Gasteiger partial charge in [0.15, 0.2) is 36.2 Å². The molecular formula is C48H80B3Br2O18. The monoisotopic (exact) mass is 1140 g/mol. The summed E-state index contributed by atoms with van der Waals surface area (Å²) in [6.45, 7) is 36.1. The summed E-state index contributed by atoms with van der Waals surface area (Å²) in [6.07, 6.45) is 0.396. The van der Waals surface area contributed by atoms with E-state index in [0.717, 1.165) is 19.3 Å². The zero-order valence-corrected chi connectivity index (χ0v) is 49.0. The van der Waals surface area contributed by atoms with Crippen LogP contribution in [0.3, 0.4) is 0 Å². The normalized spacial score (nSPS) is 47.2. The molecule has 0 aromatic heterocycles. The molecule has 9 heterocycles. The van der Waals surface area contributed by atoms with Gasteiger partial charge in [-0.15, -0.1) is 0 Å². The highest BCUT2D eigenvalue weighted by Crippen LogP contribution is 2.70. The van der Waals surface area contributed by atoms with Crippen LogP contribution < -0.4 is 0 Å². The van der Waals surface area contributed by atoms with Gasteiger partial charge >= 0.3 is 21.9 Å². The van der Waals surface area contributed by atoms with Gasteiger partial charge in [-0.1, -0.05) is 31.9 Å². The molecule has 403 valence electrons. The lowest BCUT2D eigenvalue weighted by Crippen LogP contribution is -2.41. The lowest BCUT2D eigenvalue weighted by atomic mass is 9.78. The van der Waals surface area contributed by atoms with E-state index < -0.39 is 41.1 Å². The minimum Gasteiger partial charge on any atom is -0.405 e. The van der Waals surface area contributed by atoms with Crippen LogP contribution in [0.25, 0.3) is 0 Å². The summed E-state index contributed by atoms with van der Waals surface area (Å²) in [4.78, 5) is 0. The van der Waals surface area contributed by atoms with Crippen molar-refractivity contribution in [1.29, 1.82) is 0 Å². The van der Waals surface area contributed by atoms with E-state index >= 15 is 0 Å². The fraction of sp³-hybridized carbons (Fsp3) is 1.00. The molecule has 0 aromatic carbocycles. The number of hydrogen-bond donors (Lipinski definition) is 0. The smallest absolute Gasteiger partial charge is 0.405 e. The molecule has 0 bridgehead atoms.